The summed E-state index contributed by atoms with van der Waals surface area (Å²) in [6.07, 6.45) is 2.94. The number of hydrogen-bond donors (Lipinski definition) is 1. The van der Waals surface area contributed by atoms with Crippen molar-refractivity contribution in [1.82, 2.24) is 0 Å². The van der Waals surface area contributed by atoms with Gasteiger partial charge in [-0.1, -0.05) is 6.08 Å². The minimum atomic E-state index is -0.479. The van der Waals surface area contributed by atoms with E-state index in [0.29, 0.717) is 21.0 Å². The van der Waals surface area contributed by atoms with Crippen LogP contribution in [-0.2, 0) is 9.53 Å². The summed E-state index contributed by atoms with van der Waals surface area (Å²) in [5, 5.41) is 12.1. The van der Waals surface area contributed by atoms with Crippen LogP contribution in [0.15, 0.2) is 12.2 Å². The zero-order valence-corrected chi connectivity index (χ0v) is 11.8. The van der Waals surface area contributed by atoms with Gasteiger partial charge in [-0.05, 0) is 32.4 Å². The van der Waals surface area contributed by atoms with Crippen LogP contribution in [0.5, 0.6) is 0 Å². The van der Waals surface area contributed by atoms with Crippen molar-refractivity contribution in [2.45, 2.75) is 20.8 Å². The largest absolute Gasteiger partial charge is 0.462 e. The van der Waals surface area contributed by atoms with Gasteiger partial charge in [0.25, 0.3) is 0 Å². The molecule has 1 N–H and O–H groups in total. The van der Waals surface area contributed by atoms with E-state index in [1.807, 2.05) is 6.07 Å². The number of esters is 1. The quantitative estimate of drug-likeness (QED) is 0.678. The summed E-state index contributed by atoms with van der Waals surface area (Å²) in [5.41, 5.74) is 0.827. The second kappa shape index (κ2) is 6.71. The molecule has 1 amide bonds. The van der Waals surface area contributed by atoms with Gasteiger partial charge in [-0.25, -0.2) is 4.79 Å². The lowest BCUT2D eigenvalue weighted by molar-refractivity contribution is -0.111. The Kier molecular flexibility index (Phi) is 5.27. The average Bonchev–Trinajstić information content (AvgIpc) is 2.66. The van der Waals surface area contributed by atoms with Crippen molar-refractivity contribution in [1.29, 1.82) is 5.26 Å². The van der Waals surface area contributed by atoms with Crippen LogP contribution >= 0.6 is 11.3 Å². The molecule has 0 atom stereocenters. The number of carbonyl (C=O) groups excluding carboxylic acids is 2. The Hall–Kier alpha value is -2.13. The summed E-state index contributed by atoms with van der Waals surface area (Å²) >= 11 is 1.05. The number of carbonyl (C=O) groups is 2. The Bertz CT molecular complexity index is 567. The molecule has 0 unspecified atom stereocenters. The molecule has 1 aromatic rings. The van der Waals surface area contributed by atoms with Gasteiger partial charge in [-0.2, -0.15) is 5.26 Å². The number of hydrogen-bond acceptors (Lipinski definition) is 5. The van der Waals surface area contributed by atoms with E-state index < -0.39 is 5.97 Å². The van der Waals surface area contributed by atoms with E-state index in [4.69, 9.17) is 10.00 Å². The van der Waals surface area contributed by atoms with Gasteiger partial charge in [0.2, 0.25) is 5.91 Å². The van der Waals surface area contributed by atoms with Crippen molar-refractivity contribution < 1.29 is 14.3 Å². The van der Waals surface area contributed by atoms with Gasteiger partial charge in [0.1, 0.15) is 15.9 Å². The number of nitrogens with one attached hydrogen (secondary N) is 1. The molecule has 5 nitrogen and oxygen atoms in total. The third kappa shape index (κ3) is 3.42. The van der Waals surface area contributed by atoms with Gasteiger partial charge in [0, 0.05) is 0 Å². The second-order valence-electron chi connectivity index (χ2n) is 3.58. The van der Waals surface area contributed by atoms with Crippen molar-refractivity contribution >= 4 is 28.2 Å². The maximum absolute atomic E-state index is 11.7. The summed E-state index contributed by atoms with van der Waals surface area (Å²) < 4.78 is 4.91. The highest BCUT2D eigenvalue weighted by molar-refractivity contribution is 7.18. The number of thiophene rings is 1. The molecule has 1 aromatic heterocycles. The molecule has 0 aliphatic rings. The molecule has 100 valence electrons. The highest BCUT2D eigenvalue weighted by Gasteiger charge is 2.21. The molecular weight excluding hydrogens is 264 g/mol. The van der Waals surface area contributed by atoms with E-state index >= 15 is 0 Å². The van der Waals surface area contributed by atoms with Crippen LogP contribution in [-0.4, -0.2) is 18.5 Å². The number of ether oxygens (including phenoxy) is 1. The Morgan fingerprint density at radius 1 is 1.53 bits per heavy atom. The number of nitrogens with zero attached hydrogens (tertiary/aromatic N) is 1. The van der Waals surface area contributed by atoms with Gasteiger partial charge in [0.05, 0.1) is 12.2 Å². The normalized spacial score (nSPS) is 10.2. The van der Waals surface area contributed by atoms with Crippen LogP contribution in [0.2, 0.25) is 0 Å². The first kappa shape index (κ1) is 14.9. The first-order valence-corrected chi connectivity index (χ1v) is 6.51. The Labute approximate surface area is 115 Å². The van der Waals surface area contributed by atoms with Crippen LogP contribution in [0, 0.1) is 18.3 Å². The number of nitriles is 1. The molecule has 0 fully saturated rings. The molecule has 1 heterocycles. The SMILES string of the molecule is C/C=C/C(=O)Nc1sc(C(=O)OCC)c(C)c1C#N. The maximum Gasteiger partial charge on any atom is 0.348 e. The van der Waals surface area contributed by atoms with E-state index in [2.05, 4.69) is 5.32 Å². The topological polar surface area (TPSA) is 79.2 Å². The van der Waals surface area contributed by atoms with Crippen molar-refractivity contribution in [2.75, 3.05) is 11.9 Å². The molecule has 1 rings (SSSR count). The molecule has 0 spiro atoms. The fraction of sp³-hybridized carbons (Fsp3) is 0.308. The number of allylic oxidation sites excluding steroid dienone is 1. The molecule has 19 heavy (non-hydrogen) atoms. The Balaban J connectivity index is 3.13. The molecule has 0 radical (unpaired) electrons. The van der Waals surface area contributed by atoms with Gasteiger partial charge < -0.3 is 10.1 Å². The monoisotopic (exact) mass is 278 g/mol. The van der Waals surface area contributed by atoms with E-state index in [1.165, 1.54) is 6.08 Å². The van der Waals surface area contributed by atoms with Gasteiger partial charge >= 0.3 is 5.97 Å². The van der Waals surface area contributed by atoms with E-state index in [1.54, 1.807) is 26.8 Å². The minimum absolute atomic E-state index is 0.262. The third-order valence-electron chi connectivity index (χ3n) is 2.27. The van der Waals surface area contributed by atoms with Crippen LogP contribution < -0.4 is 5.32 Å². The standard InChI is InChI=1S/C13H14N2O3S/c1-4-6-10(16)15-12-9(7-14)8(3)11(19-12)13(17)18-5-2/h4,6H,5H2,1-3H3,(H,15,16)/b6-4+. The zero-order valence-electron chi connectivity index (χ0n) is 10.9. The molecular formula is C13H14N2O3S. The predicted molar refractivity (Wildman–Crippen MR) is 73.2 cm³/mol. The van der Waals surface area contributed by atoms with Crippen molar-refractivity contribution in [3.05, 3.63) is 28.2 Å². The van der Waals surface area contributed by atoms with Gasteiger partial charge in [0.15, 0.2) is 0 Å². The molecule has 0 aromatic carbocycles. The highest BCUT2D eigenvalue weighted by Crippen LogP contribution is 2.32. The maximum atomic E-state index is 11.7. The molecule has 6 heteroatoms. The lowest BCUT2D eigenvalue weighted by Crippen LogP contribution is -2.07. The van der Waals surface area contributed by atoms with Crippen LogP contribution in [0.25, 0.3) is 0 Å². The molecule has 0 bridgehead atoms. The summed E-state index contributed by atoms with van der Waals surface area (Å²) in [7, 11) is 0. The minimum Gasteiger partial charge on any atom is -0.462 e. The Morgan fingerprint density at radius 3 is 2.74 bits per heavy atom. The van der Waals surface area contributed by atoms with Crippen molar-refractivity contribution in [2.24, 2.45) is 0 Å². The molecule has 0 aliphatic carbocycles. The second-order valence-corrected chi connectivity index (χ2v) is 4.60. The number of amides is 1. The lowest BCUT2D eigenvalue weighted by atomic mass is 10.2. The number of anilines is 1. The lowest BCUT2D eigenvalue weighted by Gasteiger charge is -1.98. The van der Waals surface area contributed by atoms with Gasteiger partial charge in [-0.3, -0.25) is 4.79 Å². The fourth-order valence-corrected chi connectivity index (χ4v) is 2.49. The van der Waals surface area contributed by atoms with Crippen molar-refractivity contribution in [3.8, 4) is 6.07 Å². The zero-order chi connectivity index (χ0) is 14.4. The predicted octanol–water partition coefficient (Wildman–Crippen LogP) is 2.62. The Morgan fingerprint density at radius 2 is 2.21 bits per heavy atom. The van der Waals surface area contributed by atoms with E-state index in [-0.39, 0.29) is 12.5 Å². The first-order valence-electron chi connectivity index (χ1n) is 5.69. The summed E-state index contributed by atoms with van der Waals surface area (Å²) in [5.74, 6) is -0.816. The van der Waals surface area contributed by atoms with E-state index in [9.17, 15) is 9.59 Å². The highest BCUT2D eigenvalue weighted by atomic mass is 32.1. The number of rotatable bonds is 4. The molecule has 0 saturated carbocycles. The third-order valence-corrected chi connectivity index (χ3v) is 3.46. The fourth-order valence-electron chi connectivity index (χ4n) is 1.43. The van der Waals surface area contributed by atoms with Gasteiger partial charge in [-0.15, -0.1) is 11.3 Å². The average molecular weight is 278 g/mol. The van der Waals surface area contributed by atoms with Crippen LogP contribution in [0.1, 0.15) is 34.6 Å². The summed E-state index contributed by atoms with van der Waals surface area (Å²) in [6.45, 7) is 5.35. The van der Waals surface area contributed by atoms with E-state index in [0.717, 1.165) is 11.3 Å². The van der Waals surface area contributed by atoms with Crippen molar-refractivity contribution in [3.63, 3.8) is 0 Å². The molecule has 0 saturated heterocycles. The summed E-state index contributed by atoms with van der Waals surface area (Å²) in [4.78, 5) is 23.5. The van der Waals surface area contributed by atoms with Crippen LogP contribution in [0.4, 0.5) is 5.00 Å². The van der Waals surface area contributed by atoms with Crippen LogP contribution in [0.3, 0.4) is 0 Å². The first-order chi connectivity index (χ1) is 9.04. The summed E-state index contributed by atoms with van der Waals surface area (Å²) in [6, 6.07) is 1.99. The smallest absolute Gasteiger partial charge is 0.348 e. The molecule has 0 aliphatic heterocycles.